The molecule has 4 aromatic carbocycles. The first-order chi connectivity index (χ1) is 17.4. The molecule has 3 heteroatoms. The van der Waals surface area contributed by atoms with E-state index >= 15 is 0 Å². The second kappa shape index (κ2) is 10.3. The van der Waals surface area contributed by atoms with Crippen LogP contribution in [-0.4, -0.2) is 4.98 Å². The van der Waals surface area contributed by atoms with Crippen LogP contribution in [0.2, 0.25) is 10.0 Å². The third-order valence-corrected chi connectivity index (χ3v) is 7.17. The van der Waals surface area contributed by atoms with Gasteiger partial charge in [0.2, 0.25) is 0 Å². The first kappa shape index (κ1) is 24.3. The molecule has 5 rings (SSSR count). The van der Waals surface area contributed by atoms with Crippen molar-refractivity contribution in [2.75, 3.05) is 0 Å². The fourth-order valence-corrected chi connectivity index (χ4v) is 4.68. The lowest BCUT2D eigenvalue weighted by Crippen LogP contribution is -2.01. The summed E-state index contributed by atoms with van der Waals surface area (Å²) >= 11 is 12.4. The molecule has 178 valence electrons. The SMILES string of the molecule is Cc1ccc(-c2nc(-c3ccc(C)c(C)c3)c(Cc3ccc(Cl)cc3)cc2-c2ccc(Cl)cc2)cc1. The number of benzene rings is 4. The second-order valence-corrected chi connectivity index (χ2v) is 10.2. The molecule has 0 bridgehead atoms. The zero-order chi connectivity index (χ0) is 25.2. The summed E-state index contributed by atoms with van der Waals surface area (Å²) in [5, 5.41) is 1.46. The van der Waals surface area contributed by atoms with E-state index in [9.17, 15) is 0 Å². The van der Waals surface area contributed by atoms with Crippen LogP contribution in [0.3, 0.4) is 0 Å². The molecule has 0 aliphatic heterocycles. The van der Waals surface area contributed by atoms with Crippen molar-refractivity contribution in [1.82, 2.24) is 4.98 Å². The van der Waals surface area contributed by atoms with E-state index in [2.05, 4.69) is 93.6 Å². The smallest absolute Gasteiger partial charge is 0.0788 e. The van der Waals surface area contributed by atoms with Gasteiger partial charge in [0.15, 0.2) is 0 Å². The van der Waals surface area contributed by atoms with E-state index in [-0.39, 0.29) is 0 Å². The summed E-state index contributed by atoms with van der Waals surface area (Å²) in [5.41, 5.74) is 12.5. The van der Waals surface area contributed by atoms with Crippen LogP contribution in [0.5, 0.6) is 0 Å². The Bertz CT molecular complexity index is 1520. The maximum atomic E-state index is 6.23. The average Bonchev–Trinajstić information content (AvgIpc) is 2.88. The number of aryl methyl sites for hydroxylation is 3. The molecule has 5 aromatic rings. The van der Waals surface area contributed by atoms with Crippen molar-refractivity contribution in [3.05, 3.63) is 135 Å². The molecule has 0 saturated carbocycles. The number of hydrogen-bond donors (Lipinski definition) is 0. The zero-order valence-electron chi connectivity index (χ0n) is 20.6. The highest BCUT2D eigenvalue weighted by atomic mass is 35.5. The Morgan fingerprint density at radius 1 is 0.556 bits per heavy atom. The van der Waals surface area contributed by atoms with Crippen LogP contribution in [0.1, 0.15) is 27.8 Å². The number of aromatic nitrogens is 1. The molecule has 1 heterocycles. The topological polar surface area (TPSA) is 12.9 Å². The largest absolute Gasteiger partial charge is 0.247 e. The maximum Gasteiger partial charge on any atom is 0.0788 e. The van der Waals surface area contributed by atoms with Gasteiger partial charge >= 0.3 is 0 Å². The van der Waals surface area contributed by atoms with Crippen LogP contribution in [0, 0.1) is 20.8 Å². The number of hydrogen-bond acceptors (Lipinski definition) is 1. The summed E-state index contributed by atoms with van der Waals surface area (Å²) < 4.78 is 0. The van der Waals surface area contributed by atoms with Gasteiger partial charge in [0, 0.05) is 26.7 Å². The molecule has 1 nitrogen and oxygen atoms in total. The van der Waals surface area contributed by atoms with Crippen LogP contribution in [-0.2, 0) is 6.42 Å². The molecule has 0 aliphatic carbocycles. The first-order valence-electron chi connectivity index (χ1n) is 12.1. The summed E-state index contributed by atoms with van der Waals surface area (Å²) in [5.74, 6) is 0. The minimum Gasteiger partial charge on any atom is -0.247 e. The van der Waals surface area contributed by atoms with Gasteiger partial charge in [0.1, 0.15) is 0 Å². The Morgan fingerprint density at radius 2 is 1.14 bits per heavy atom. The molecular weight excluding hydrogens is 481 g/mol. The van der Waals surface area contributed by atoms with Gasteiger partial charge in [-0.2, -0.15) is 0 Å². The van der Waals surface area contributed by atoms with E-state index in [4.69, 9.17) is 28.2 Å². The lowest BCUT2D eigenvalue weighted by molar-refractivity contribution is 1.15. The number of rotatable bonds is 5. The van der Waals surface area contributed by atoms with E-state index in [1.54, 1.807) is 0 Å². The van der Waals surface area contributed by atoms with Crippen molar-refractivity contribution < 1.29 is 0 Å². The molecule has 0 amide bonds. The van der Waals surface area contributed by atoms with E-state index in [0.29, 0.717) is 0 Å². The summed E-state index contributed by atoms with van der Waals surface area (Å²) in [6.07, 6.45) is 0.751. The van der Waals surface area contributed by atoms with Gasteiger partial charge in [-0.3, -0.25) is 0 Å². The summed E-state index contributed by atoms with van der Waals surface area (Å²) in [6, 6.07) is 33.5. The standard InChI is InChI=1S/C33H27Cl2N/c1-21-4-9-26(10-5-21)33-31(25-12-16-30(35)17-13-25)20-28(19-24-7-14-29(34)15-8-24)32(36-33)27-11-6-22(2)23(3)18-27/h4-18,20H,19H2,1-3H3. The molecule has 0 unspecified atom stereocenters. The summed E-state index contributed by atoms with van der Waals surface area (Å²) in [7, 11) is 0. The molecule has 0 fully saturated rings. The highest BCUT2D eigenvalue weighted by Gasteiger charge is 2.17. The van der Waals surface area contributed by atoms with E-state index in [0.717, 1.165) is 50.1 Å². The fraction of sp³-hybridized carbons (Fsp3) is 0.121. The monoisotopic (exact) mass is 507 g/mol. The Morgan fingerprint density at radius 3 is 1.78 bits per heavy atom. The molecular formula is C33H27Cl2N. The zero-order valence-corrected chi connectivity index (χ0v) is 22.2. The molecule has 0 spiro atoms. The van der Waals surface area contributed by atoms with Crippen molar-refractivity contribution in [2.24, 2.45) is 0 Å². The quantitative estimate of drug-likeness (QED) is 0.230. The molecule has 0 aliphatic rings. The maximum absolute atomic E-state index is 6.23. The first-order valence-corrected chi connectivity index (χ1v) is 12.8. The van der Waals surface area contributed by atoms with E-state index < -0.39 is 0 Å². The van der Waals surface area contributed by atoms with Gasteiger partial charge in [-0.05, 0) is 91.4 Å². The van der Waals surface area contributed by atoms with Crippen LogP contribution < -0.4 is 0 Å². The normalized spacial score (nSPS) is 11.0. The molecule has 0 radical (unpaired) electrons. The Balaban J connectivity index is 1.77. The van der Waals surface area contributed by atoms with Crippen LogP contribution >= 0.6 is 23.2 Å². The van der Waals surface area contributed by atoms with Gasteiger partial charge in [-0.1, -0.05) is 89.4 Å². The minimum atomic E-state index is 0.719. The van der Waals surface area contributed by atoms with Gasteiger partial charge in [0.25, 0.3) is 0 Å². The molecule has 0 N–H and O–H groups in total. The third-order valence-electron chi connectivity index (χ3n) is 6.67. The fourth-order valence-electron chi connectivity index (χ4n) is 4.43. The number of halogens is 2. The lowest BCUT2D eigenvalue weighted by Gasteiger charge is -2.18. The Kier molecular flexibility index (Phi) is 6.96. The Labute approximate surface area is 223 Å². The van der Waals surface area contributed by atoms with E-state index in [1.165, 1.54) is 27.8 Å². The number of pyridine rings is 1. The van der Waals surface area contributed by atoms with Crippen molar-refractivity contribution in [1.29, 1.82) is 0 Å². The van der Waals surface area contributed by atoms with Crippen LogP contribution in [0.25, 0.3) is 33.6 Å². The van der Waals surface area contributed by atoms with E-state index in [1.807, 2.05) is 24.3 Å². The molecule has 36 heavy (non-hydrogen) atoms. The average molecular weight is 508 g/mol. The van der Waals surface area contributed by atoms with Gasteiger partial charge in [-0.25, -0.2) is 4.98 Å². The van der Waals surface area contributed by atoms with Crippen molar-refractivity contribution >= 4 is 23.2 Å². The van der Waals surface area contributed by atoms with Gasteiger partial charge in [-0.15, -0.1) is 0 Å². The summed E-state index contributed by atoms with van der Waals surface area (Å²) in [4.78, 5) is 5.37. The molecule has 0 atom stereocenters. The minimum absolute atomic E-state index is 0.719. The van der Waals surface area contributed by atoms with Crippen LogP contribution in [0.15, 0.2) is 97.1 Å². The summed E-state index contributed by atoms with van der Waals surface area (Å²) in [6.45, 7) is 6.40. The predicted octanol–water partition coefficient (Wildman–Crippen LogP) is 9.91. The predicted molar refractivity (Wildman–Crippen MR) is 154 cm³/mol. The van der Waals surface area contributed by atoms with Gasteiger partial charge in [0.05, 0.1) is 11.4 Å². The van der Waals surface area contributed by atoms with Crippen molar-refractivity contribution in [2.45, 2.75) is 27.2 Å². The highest BCUT2D eigenvalue weighted by molar-refractivity contribution is 6.30. The van der Waals surface area contributed by atoms with Gasteiger partial charge < -0.3 is 0 Å². The van der Waals surface area contributed by atoms with Crippen molar-refractivity contribution in [3.8, 4) is 33.6 Å². The Hall–Kier alpha value is -3.39. The highest BCUT2D eigenvalue weighted by Crippen LogP contribution is 2.37. The van der Waals surface area contributed by atoms with Crippen molar-refractivity contribution in [3.63, 3.8) is 0 Å². The number of nitrogens with zero attached hydrogens (tertiary/aromatic N) is 1. The molecule has 1 aromatic heterocycles. The van der Waals surface area contributed by atoms with Crippen LogP contribution in [0.4, 0.5) is 0 Å². The third kappa shape index (κ3) is 5.23. The lowest BCUT2D eigenvalue weighted by atomic mass is 9.91. The second-order valence-electron chi connectivity index (χ2n) is 9.37. The molecule has 0 saturated heterocycles.